The molecular formula is C19H19Cl2N5O2. The van der Waals surface area contributed by atoms with Crippen LogP contribution < -0.4 is 20.5 Å². The minimum Gasteiger partial charge on any atom is -0.495 e. The van der Waals surface area contributed by atoms with Crippen molar-refractivity contribution in [3.8, 4) is 22.9 Å². The van der Waals surface area contributed by atoms with Gasteiger partial charge in [0.25, 0.3) is 0 Å². The van der Waals surface area contributed by atoms with Gasteiger partial charge in [0, 0.05) is 18.0 Å². The number of anilines is 2. The summed E-state index contributed by atoms with van der Waals surface area (Å²) in [5, 5.41) is 4.81. The SMILES string of the molecule is COc1cc(OC)c(Cl)c(-c2nc(NCC3CC3)c3cc(N)ncc3n2)c1Cl. The lowest BCUT2D eigenvalue weighted by molar-refractivity contribution is 0.395. The normalized spacial score (nSPS) is 13.6. The number of hydrogen-bond donors (Lipinski definition) is 2. The van der Waals surface area contributed by atoms with E-state index in [1.165, 1.54) is 27.1 Å². The number of methoxy groups -OCH3 is 2. The second-order valence-corrected chi connectivity index (χ2v) is 7.39. The number of hydrogen-bond acceptors (Lipinski definition) is 7. The monoisotopic (exact) mass is 419 g/mol. The number of rotatable bonds is 6. The van der Waals surface area contributed by atoms with Gasteiger partial charge in [-0.2, -0.15) is 0 Å². The highest BCUT2D eigenvalue weighted by Gasteiger charge is 2.24. The minimum absolute atomic E-state index is 0.309. The van der Waals surface area contributed by atoms with Gasteiger partial charge in [0.2, 0.25) is 0 Å². The van der Waals surface area contributed by atoms with Crippen LogP contribution in [0.25, 0.3) is 22.3 Å². The molecule has 7 nitrogen and oxygen atoms in total. The zero-order valence-corrected chi connectivity index (χ0v) is 16.9. The van der Waals surface area contributed by atoms with E-state index in [0.29, 0.717) is 56.0 Å². The Balaban J connectivity index is 1.92. The first-order chi connectivity index (χ1) is 13.5. The molecule has 0 unspecified atom stereocenters. The molecule has 1 saturated carbocycles. The number of halogens is 2. The molecule has 3 N–H and O–H groups in total. The Morgan fingerprint density at radius 1 is 1.11 bits per heavy atom. The van der Waals surface area contributed by atoms with Gasteiger partial charge in [0.05, 0.1) is 41.5 Å². The first-order valence-electron chi connectivity index (χ1n) is 8.79. The van der Waals surface area contributed by atoms with Gasteiger partial charge in [-0.1, -0.05) is 23.2 Å². The van der Waals surface area contributed by atoms with Crippen molar-refractivity contribution in [1.82, 2.24) is 15.0 Å². The Hall–Kier alpha value is -2.51. The standard InChI is InChI=1S/C19H19Cl2N5O2/c1-27-12-6-13(28-2)17(21)15(16(12)20)19-25-11-8-23-14(22)5-10(11)18(26-19)24-7-9-3-4-9/h5-6,8-9H,3-4,7H2,1-2H3,(H2,22,23)(H,24,25,26). The third-order valence-corrected chi connectivity index (χ3v) is 5.41. The summed E-state index contributed by atoms with van der Waals surface area (Å²) >= 11 is 13.1. The average molecular weight is 420 g/mol. The molecule has 2 aromatic heterocycles. The highest BCUT2D eigenvalue weighted by molar-refractivity contribution is 6.41. The molecule has 2 heterocycles. The zero-order chi connectivity index (χ0) is 19.8. The molecule has 1 aromatic carbocycles. The second-order valence-electron chi connectivity index (χ2n) is 6.63. The van der Waals surface area contributed by atoms with Crippen molar-refractivity contribution in [2.24, 2.45) is 5.92 Å². The predicted octanol–water partition coefficient (Wildman–Crippen LogP) is 4.42. The summed E-state index contributed by atoms with van der Waals surface area (Å²) in [5.41, 5.74) is 6.93. The summed E-state index contributed by atoms with van der Waals surface area (Å²) in [6, 6.07) is 3.38. The van der Waals surface area contributed by atoms with Crippen LogP contribution in [0, 0.1) is 5.92 Å². The zero-order valence-electron chi connectivity index (χ0n) is 15.4. The van der Waals surface area contributed by atoms with Crippen LogP contribution >= 0.6 is 23.2 Å². The highest BCUT2D eigenvalue weighted by Crippen LogP contribution is 2.45. The molecule has 1 aliphatic carbocycles. The van der Waals surface area contributed by atoms with Crippen LogP contribution in [0.2, 0.25) is 10.0 Å². The van der Waals surface area contributed by atoms with E-state index in [1.807, 2.05) is 0 Å². The van der Waals surface area contributed by atoms with Crippen molar-refractivity contribution in [3.05, 3.63) is 28.4 Å². The van der Waals surface area contributed by atoms with Gasteiger partial charge in [-0.05, 0) is 24.8 Å². The largest absolute Gasteiger partial charge is 0.495 e. The van der Waals surface area contributed by atoms with Crippen molar-refractivity contribution < 1.29 is 9.47 Å². The summed E-state index contributed by atoms with van der Waals surface area (Å²) in [5.74, 6) is 2.92. The number of pyridine rings is 1. The van der Waals surface area contributed by atoms with Gasteiger partial charge in [0.1, 0.15) is 23.1 Å². The second kappa shape index (κ2) is 7.48. The van der Waals surface area contributed by atoms with E-state index < -0.39 is 0 Å². The van der Waals surface area contributed by atoms with Crippen molar-refractivity contribution >= 4 is 45.7 Å². The molecule has 146 valence electrons. The predicted molar refractivity (Wildman–Crippen MR) is 112 cm³/mol. The van der Waals surface area contributed by atoms with Crippen LogP contribution in [0.15, 0.2) is 18.3 Å². The van der Waals surface area contributed by atoms with Crippen LogP contribution in [0.1, 0.15) is 12.8 Å². The molecule has 0 radical (unpaired) electrons. The summed E-state index contributed by atoms with van der Waals surface area (Å²) in [6.45, 7) is 0.830. The maximum atomic E-state index is 6.54. The number of nitrogens with two attached hydrogens (primary N) is 1. The molecule has 9 heteroatoms. The Morgan fingerprint density at radius 3 is 2.39 bits per heavy atom. The maximum Gasteiger partial charge on any atom is 0.165 e. The maximum absolute atomic E-state index is 6.54. The smallest absolute Gasteiger partial charge is 0.165 e. The number of nitrogen functional groups attached to an aromatic ring is 1. The molecule has 28 heavy (non-hydrogen) atoms. The fraction of sp³-hybridized carbons (Fsp3) is 0.316. The molecule has 0 saturated heterocycles. The average Bonchev–Trinajstić information content (AvgIpc) is 3.51. The fourth-order valence-electron chi connectivity index (χ4n) is 2.94. The third kappa shape index (κ3) is 3.47. The van der Waals surface area contributed by atoms with Gasteiger partial charge >= 0.3 is 0 Å². The quantitative estimate of drug-likeness (QED) is 0.610. The minimum atomic E-state index is 0.309. The van der Waals surface area contributed by atoms with E-state index in [4.69, 9.17) is 43.4 Å². The van der Waals surface area contributed by atoms with Crippen molar-refractivity contribution in [1.29, 1.82) is 0 Å². The van der Waals surface area contributed by atoms with Crippen molar-refractivity contribution in [3.63, 3.8) is 0 Å². The number of fused-ring (bicyclic) bond motifs is 1. The van der Waals surface area contributed by atoms with Crippen LogP contribution in [-0.2, 0) is 0 Å². The fourth-order valence-corrected chi connectivity index (χ4v) is 3.61. The van der Waals surface area contributed by atoms with Crippen LogP contribution in [-0.4, -0.2) is 35.7 Å². The topological polar surface area (TPSA) is 95.2 Å². The first-order valence-corrected chi connectivity index (χ1v) is 9.55. The lowest BCUT2D eigenvalue weighted by Gasteiger charge is -2.15. The molecule has 0 spiro atoms. The number of ether oxygens (including phenoxy) is 2. The molecule has 0 atom stereocenters. The van der Waals surface area contributed by atoms with Gasteiger partial charge < -0.3 is 20.5 Å². The Labute approximate surface area is 172 Å². The molecular weight excluding hydrogens is 401 g/mol. The van der Waals surface area contributed by atoms with Crippen molar-refractivity contribution in [2.75, 3.05) is 31.8 Å². The lowest BCUT2D eigenvalue weighted by Crippen LogP contribution is -2.08. The molecule has 0 bridgehead atoms. The number of aromatic nitrogens is 3. The Kier molecular flexibility index (Phi) is 5.03. The van der Waals surface area contributed by atoms with E-state index in [1.54, 1.807) is 18.3 Å². The van der Waals surface area contributed by atoms with E-state index >= 15 is 0 Å². The number of nitrogens with zero attached hydrogens (tertiary/aromatic N) is 3. The van der Waals surface area contributed by atoms with Gasteiger partial charge in [-0.25, -0.2) is 15.0 Å². The molecule has 4 rings (SSSR count). The summed E-state index contributed by atoms with van der Waals surface area (Å²) in [7, 11) is 3.05. The third-order valence-electron chi connectivity index (χ3n) is 4.66. The number of nitrogens with one attached hydrogen (secondary N) is 1. The molecule has 1 fully saturated rings. The molecule has 1 aliphatic rings. The van der Waals surface area contributed by atoms with Crippen molar-refractivity contribution in [2.45, 2.75) is 12.8 Å². The summed E-state index contributed by atoms with van der Waals surface area (Å²) in [4.78, 5) is 13.5. The van der Waals surface area contributed by atoms with Gasteiger partial charge in [0.15, 0.2) is 5.82 Å². The van der Waals surface area contributed by atoms with E-state index in [2.05, 4.69) is 15.3 Å². The molecule has 0 aliphatic heterocycles. The van der Waals surface area contributed by atoms with Crippen LogP contribution in [0.3, 0.4) is 0 Å². The van der Waals surface area contributed by atoms with E-state index in [-0.39, 0.29) is 0 Å². The Bertz CT molecular complexity index is 1030. The summed E-state index contributed by atoms with van der Waals surface area (Å²) in [6.07, 6.45) is 4.05. The molecule has 0 amide bonds. The van der Waals surface area contributed by atoms with Gasteiger partial charge in [-0.3, -0.25) is 0 Å². The van der Waals surface area contributed by atoms with E-state index in [0.717, 1.165) is 11.9 Å². The molecule has 3 aromatic rings. The summed E-state index contributed by atoms with van der Waals surface area (Å²) < 4.78 is 10.7. The lowest BCUT2D eigenvalue weighted by atomic mass is 10.1. The Morgan fingerprint density at radius 2 is 1.79 bits per heavy atom. The highest BCUT2D eigenvalue weighted by atomic mass is 35.5. The first kappa shape index (κ1) is 18.8. The number of benzene rings is 1. The van der Waals surface area contributed by atoms with E-state index in [9.17, 15) is 0 Å². The van der Waals surface area contributed by atoms with Crippen LogP contribution in [0.5, 0.6) is 11.5 Å². The van der Waals surface area contributed by atoms with Gasteiger partial charge in [-0.15, -0.1) is 0 Å². The van der Waals surface area contributed by atoms with Crippen LogP contribution in [0.4, 0.5) is 11.6 Å².